The van der Waals surface area contributed by atoms with Gasteiger partial charge < -0.3 is 14.7 Å². The molecule has 4 nitrogen and oxygen atoms in total. The number of hydrogen-bond donors (Lipinski definition) is 1. The molecule has 2 aromatic carbocycles. The fourth-order valence-corrected chi connectivity index (χ4v) is 3.29. The Bertz CT molecular complexity index is 738. The number of ether oxygens (including phenoxy) is 1. The summed E-state index contributed by atoms with van der Waals surface area (Å²) in [5.41, 5.74) is 0.138. The van der Waals surface area contributed by atoms with Gasteiger partial charge in [0.2, 0.25) is 0 Å². The second kappa shape index (κ2) is 5.85. The number of carbonyl (C=O) groups excluding carboxylic acids is 1. The summed E-state index contributed by atoms with van der Waals surface area (Å²) in [7, 11) is 1.81. The number of hydrogen-bond acceptors (Lipinski definition) is 3. The Hall–Kier alpha value is -2.07. The van der Waals surface area contributed by atoms with E-state index in [0.717, 1.165) is 23.6 Å². The lowest BCUT2D eigenvalue weighted by molar-refractivity contribution is -0.0756. The lowest BCUT2D eigenvalue weighted by Crippen LogP contribution is -2.46. The first kappa shape index (κ1) is 15.8. The van der Waals surface area contributed by atoms with E-state index in [4.69, 9.17) is 4.74 Å². The molecule has 2 aromatic rings. The molecule has 1 atom stereocenters. The van der Waals surface area contributed by atoms with Crippen molar-refractivity contribution in [3.05, 3.63) is 42.0 Å². The highest BCUT2D eigenvalue weighted by atomic mass is 16.5. The summed E-state index contributed by atoms with van der Waals surface area (Å²) >= 11 is 0. The van der Waals surface area contributed by atoms with E-state index >= 15 is 0 Å². The van der Waals surface area contributed by atoms with Crippen molar-refractivity contribution in [1.82, 2.24) is 4.90 Å². The first-order valence-electron chi connectivity index (χ1n) is 8.00. The van der Waals surface area contributed by atoms with Crippen molar-refractivity contribution in [3.63, 3.8) is 0 Å². The molecular weight excluding hydrogens is 290 g/mol. The molecule has 1 aliphatic heterocycles. The molecule has 1 amide bonds. The minimum atomic E-state index is -0.219. The van der Waals surface area contributed by atoms with Gasteiger partial charge in [-0.1, -0.05) is 24.3 Å². The molecule has 122 valence electrons. The second-order valence-electron chi connectivity index (χ2n) is 6.89. The average molecular weight is 313 g/mol. The van der Waals surface area contributed by atoms with Crippen LogP contribution in [0.1, 0.15) is 37.0 Å². The molecule has 0 spiro atoms. The third kappa shape index (κ3) is 3.17. The maximum Gasteiger partial charge on any atom is 0.257 e. The summed E-state index contributed by atoms with van der Waals surface area (Å²) in [6.45, 7) is 4.74. The van der Waals surface area contributed by atoms with E-state index in [1.54, 1.807) is 17.0 Å². The molecule has 1 heterocycles. The minimum absolute atomic E-state index is 0.0341. The monoisotopic (exact) mass is 313 g/mol. The van der Waals surface area contributed by atoms with Gasteiger partial charge in [0.1, 0.15) is 5.75 Å². The van der Waals surface area contributed by atoms with Crippen LogP contribution in [0.3, 0.4) is 0 Å². The standard InChI is InChI=1S/C19H23NO3/c1-19(2)12-15(8-9-23-19)20(3)18(22)16-10-13-6-4-5-7-14(13)11-17(16)21/h4-7,10-11,15,21H,8-9,12H2,1-3H3/t15-/m0/s1. The van der Waals surface area contributed by atoms with Crippen LogP contribution in [-0.4, -0.2) is 41.2 Å². The molecule has 1 aliphatic rings. The molecule has 3 rings (SSSR count). The normalized spacial score (nSPS) is 20.4. The van der Waals surface area contributed by atoms with E-state index in [1.807, 2.05) is 45.2 Å². The fraction of sp³-hybridized carbons (Fsp3) is 0.421. The van der Waals surface area contributed by atoms with Crippen LogP contribution in [0.2, 0.25) is 0 Å². The predicted molar refractivity (Wildman–Crippen MR) is 90.8 cm³/mol. The maximum atomic E-state index is 12.8. The van der Waals surface area contributed by atoms with Crippen molar-refractivity contribution in [3.8, 4) is 5.75 Å². The Balaban J connectivity index is 1.89. The summed E-state index contributed by atoms with van der Waals surface area (Å²) in [5.74, 6) is -0.108. The van der Waals surface area contributed by atoms with E-state index in [0.29, 0.717) is 12.2 Å². The number of nitrogens with zero attached hydrogens (tertiary/aromatic N) is 1. The smallest absolute Gasteiger partial charge is 0.257 e. The molecule has 1 saturated heterocycles. The minimum Gasteiger partial charge on any atom is -0.507 e. The van der Waals surface area contributed by atoms with Crippen molar-refractivity contribution in [2.24, 2.45) is 0 Å². The highest BCUT2D eigenvalue weighted by Crippen LogP contribution is 2.30. The van der Waals surface area contributed by atoms with Crippen molar-refractivity contribution >= 4 is 16.7 Å². The van der Waals surface area contributed by atoms with Crippen molar-refractivity contribution < 1.29 is 14.6 Å². The fourth-order valence-electron chi connectivity index (χ4n) is 3.29. The van der Waals surface area contributed by atoms with E-state index in [-0.39, 0.29) is 23.3 Å². The summed E-state index contributed by atoms with van der Waals surface area (Å²) in [6.07, 6.45) is 1.61. The average Bonchev–Trinajstić information content (AvgIpc) is 2.52. The van der Waals surface area contributed by atoms with E-state index in [1.165, 1.54) is 0 Å². The number of benzene rings is 2. The van der Waals surface area contributed by atoms with Crippen molar-refractivity contribution in [1.29, 1.82) is 0 Å². The Labute approximate surface area is 136 Å². The molecule has 1 N–H and O–H groups in total. The molecule has 0 unspecified atom stereocenters. The van der Waals surface area contributed by atoms with Crippen molar-refractivity contribution in [2.45, 2.75) is 38.3 Å². The zero-order valence-corrected chi connectivity index (χ0v) is 13.9. The number of phenolic OH excluding ortho intramolecular Hbond substituents is 1. The Kier molecular flexibility index (Phi) is 4.02. The number of aromatic hydroxyl groups is 1. The van der Waals surface area contributed by atoms with Gasteiger partial charge in [0.15, 0.2) is 0 Å². The Morgan fingerprint density at radius 2 is 1.91 bits per heavy atom. The van der Waals surface area contributed by atoms with E-state index in [9.17, 15) is 9.90 Å². The van der Waals surface area contributed by atoms with Gasteiger partial charge >= 0.3 is 0 Å². The number of carbonyl (C=O) groups is 1. The molecule has 4 heteroatoms. The van der Waals surface area contributed by atoms with Crippen LogP contribution >= 0.6 is 0 Å². The second-order valence-corrected chi connectivity index (χ2v) is 6.89. The first-order chi connectivity index (χ1) is 10.9. The molecule has 0 bridgehead atoms. The topological polar surface area (TPSA) is 49.8 Å². The molecular formula is C19H23NO3. The van der Waals surface area contributed by atoms with Crippen molar-refractivity contribution in [2.75, 3.05) is 13.7 Å². The lowest BCUT2D eigenvalue weighted by Gasteiger charge is -2.39. The van der Waals surface area contributed by atoms with Crippen LogP contribution in [0.4, 0.5) is 0 Å². The maximum absolute atomic E-state index is 12.8. The van der Waals surface area contributed by atoms with Gasteiger partial charge in [-0.3, -0.25) is 4.79 Å². The van der Waals surface area contributed by atoms with Crippen LogP contribution in [-0.2, 0) is 4.74 Å². The van der Waals surface area contributed by atoms with E-state index in [2.05, 4.69) is 0 Å². The van der Waals surface area contributed by atoms with Crippen LogP contribution < -0.4 is 0 Å². The van der Waals surface area contributed by atoms with Gasteiger partial charge in [0, 0.05) is 19.7 Å². The summed E-state index contributed by atoms with van der Waals surface area (Å²) in [5, 5.41) is 12.1. The van der Waals surface area contributed by atoms with Gasteiger partial charge in [0.25, 0.3) is 5.91 Å². The number of rotatable bonds is 2. The van der Waals surface area contributed by atoms with Gasteiger partial charge in [-0.2, -0.15) is 0 Å². The quantitative estimate of drug-likeness (QED) is 0.922. The number of phenols is 1. The van der Waals surface area contributed by atoms with Crippen LogP contribution in [0, 0.1) is 0 Å². The van der Waals surface area contributed by atoms with Crippen LogP contribution in [0.15, 0.2) is 36.4 Å². The Morgan fingerprint density at radius 1 is 1.26 bits per heavy atom. The van der Waals surface area contributed by atoms with Gasteiger partial charge in [-0.25, -0.2) is 0 Å². The molecule has 0 saturated carbocycles. The number of amides is 1. The van der Waals surface area contributed by atoms with E-state index < -0.39 is 0 Å². The zero-order valence-electron chi connectivity index (χ0n) is 13.9. The molecule has 0 radical (unpaired) electrons. The molecule has 23 heavy (non-hydrogen) atoms. The van der Waals surface area contributed by atoms with Crippen LogP contribution in [0.5, 0.6) is 5.75 Å². The molecule has 1 fully saturated rings. The summed E-state index contributed by atoms with van der Waals surface area (Å²) in [6, 6.07) is 11.3. The van der Waals surface area contributed by atoms with Crippen LogP contribution in [0.25, 0.3) is 10.8 Å². The zero-order chi connectivity index (χ0) is 16.6. The van der Waals surface area contributed by atoms with Gasteiger partial charge in [0.05, 0.1) is 11.2 Å². The predicted octanol–water partition coefficient (Wildman–Crippen LogP) is 3.58. The number of fused-ring (bicyclic) bond motifs is 1. The molecule has 0 aliphatic carbocycles. The highest BCUT2D eigenvalue weighted by molar-refractivity contribution is 6.01. The van der Waals surface area contributed by atoms with Gasteiger partial charge in [-0.05, 0) is 49.6 Å². The third-order valence-electron chi connectivity index (χ3n) is 4.63. The highest BCUT2D eigenvalue weighted by Gasteiger charge is 2.33. The van der Waals surface area contributed by atoms with Gasteiger partial charge in [-0.15, -0.1) is 0 Å². The first-order valence-corrected chi connectivity index (χ1v) is 8.00. The third-order valence-corrected chi connectivity index (χ3v) is 4.63. The molecule has 0 aromatic heterocycles. The summed E-state index contributed by atoms with van der Waals surface area (Å²) < 4.78 is 5.73. The lowest BCUT2D eigenvalue weighted by atomic mass is 9.92. The largest absolute Gasteiger partial charge is 0.507 e. The Morgan fingerprint density at radius 3 is 2.57 bits per heavy atom. The SMILES string of the molecule is CN(C(=O)c1cc2ccccc2cc1O)[C@H]1CCOC(C)(C)C1. The summed E-state index contributed by atoms with van der Waals surface area (Å²) in [4.78, 5) is 14.6.